The van der Waals surface area contributed by atoms with Crippen LogP contribution in [0.2, 0.25) is 5.02 Å². The van der Waals surface area contributed by atoms with E-state index in [-0.39, 0.29) is 0 Å². The van der Waals surface area contributed by atoms with E-state index in [4.69, 9.17) is 11.6 Å². The van der Waals surface area contributed by atoms with E-state index < -0.39 is 11.7 Å². The first-order valence-corrected chi connectivity index (χ1v) is 4.98. The van der Waals surface area contributed by atoms with Gasteiger partial charge in [-0.25, -0.2) is 0 Å². The monoisotopic (exact) mass is 236 g/mol. The number of hydrogen-bond acceptors (Lipinski definition) is 1. The van der Waals surface area contributed by atoms with Crippen molar-refractivity contribution in [1.29, 1.82) is 0 Å². The lowest BCUT2D eigenvalue weighted by molar-refractivity contribution is -0.137. The summed E-state index contributed by atoms with van der Waals surface area (Å²) in [5.41, 5.74) is -0.636. The molecule has 74 valence electrons. The van der Waals surface area contributed by atoms with Crippen LogP contribution in [0.5, 0.6) is 0 Å². The van der Waals surface area contributed by atoms with E-state index in [9.17, 15) is 13.2 Å². The molecule has 0 bridgehead atoms. The minimum atomic E-state index is -4.29. The summed E-state index contributed by atoms with van der Waals surface area (Å²) in [6.45, 7) is 0. The molecular weight excluding hydrogens is 233 g/mol. The highest BCUT2D eigenvalue weighted by Crippen LogP contribution is 2.35. The molecule has 1 heterocycles. The highest BCUT2D eigenvalue weighted by atomic mass is 35.5. The number of fused-ring (bicyclic) bond motifs is 1. The molecule has 0 N–H and O–H groups in total. The number of hydrogen-bond donors (Lipinski definition) is 0. The van der Waals surface area contributed by atoms with Gasteiger partial charge in [0.2, 0.25) is 0 Å². The molecule has 0 spiro atoms. The van der Waals surface area contributed by atoms with Gasteiger partial charge >= 0.3 is 6.18 Å². The fourth-order valence-corrected chi connectivity index (χ4v) is 2.38. The predicted octanol–water partition coefficient (Wildman–Crippen LogP) is 4.57. The van der Waals surface area contributed by atoms with E-state index in [0.29, 0.717) is 15.1 Å². The van der Waals surface area contributed by atoms with Gasteiger partial charge in [-0.2, -0.15) is 13.2 Å². The molecule has 5 heteroatoms. The molecule has 0 saturated heterocycles. The summed E-state index contributed by atoms with van der Waals surface area (Å²) in [6, 6.07) is 3.56. The molecule has 0 nitrogen and oxygen atoms in total. The Kier molecular flexibility index (Phi) is 2.20. The lowest BCUT2D eigenvalue weighted by Gasteiger charge is -2.05. The normalized spacial score (nSPS) is 12.3. The highest BCUT2D eigenvalue weighted by Gasteiger charge is 2.30. The largest absolute Gasteiger partial charge is 0.416 e. The van der Waals surface area contributed by atoms with Crippen molar-refractivity contribution >= 4 is 33.0 Å². The van der Waals surface area contributed by atoms with Gasteiger partial charge in [0.15, 0.2) is 0 Å². The van der Waals surface area contributed by atoms with E-state index in [2.05, 4.69) is 0 Å². The van der Waals surface area contributed by atoms with Crippen molar-refractivity contribution in [3.05, 3.63) is 34.2 Å². The third kappa shape index (κ3) is 1.60. The lowest BCUT2D eigenvalue weighted by Crippen LogP contribution is -2.03. The Bertz CT molecular complexity index is 472. The number of thiophene rings is 1. The van der Waals surface area contributed by atoms with Gasteiger partial charge < -0.3 is 0 Å². The number of benzene rings is 1. The minimum absolute atomic E-state index is 0.499. The lowest BCUT2D eigenvalue weighted by atomic mass is 10.2. The van der Waals surface area contributed by atoms with Gasteiger partial charge in [0.1, 0.15) is 0 Å². The summed E-state index contributed by atoms with van der Waals surface area (Å²) >= 11 is 6.98. The molecular formula is C9H4ClF3S. The summed E-state index contributed by atoms with van der Waals surface area (Å²) in [4.78, 5) is 0. The van der Waals surface area contributed by atoms with Crippen LogP contribution in [-0.4, -0.2) is 0 Å². The number of halogens is 4. The molecule has 0 aliphatic rings. The van der Waals surface area contributed by atoms with Crippen LogP contribution >= 0.6 is 22.9 Å². The first kappa shape index (κ1) is 9.80. The zero-order valence-corrected chi connectivity index (χ0v) is 8.30. The fraction of sp³-hybridized carbons (Fsp3) is 0.111. The van der Waals surface area contributed by atoms with Gasteiger partial charge in [-0.3, -0.25) is 0 Å². The summed E-state index contributed by atoms with van der Waals surface area (Å²) in [7, 11) is 0. The quantitative estimate of drug-likeness (QED) is 0.628. The number of rotatable bonds is 0. The van der Waals surface area contributed by atoms with Gasteiger partial charge in [-0.15, -0.1) is 11.3 Å². The van der Waals surface area contributed by atoms with Crippen LogP contribution in [0.3, 0.4) is 0 Å². The van der Waals surface area contributed by atoms with Gasteiger partial charge in [-0.1, -0.05) is 17.7 Å². The average Bonchev–Trinajstić information content (AvgIpc) is 2.46. The van der Waals surface area contributed by atoms with Crippen LogP contribution in [-0.2, 0) is 6.18 Å². The van der Waals surface area contributed by atoms with Crippen LogP contribution in [0.25, 0.3) is 10.1 Å². The van der Waals surface area contributed by atoms with Crippen molar-refractivity contribution in [2.75, 3.05) is 0 Å². The molecule has 0 amide bonds. The predicted molar refractivity (Wildman–Crippen MR) is 51.8 cm³/mol. The second-order valence-corrected chi connectivity index (χ2v) is 4.11. The Morgan fingerprint density at radius 3 is 2.57 bits per heavy atom. The van der Waals surface area contributed by atoms with Crippen molar-refractivity contribution < 1.29 is 13.2 Å². The summed E-state index contributed by atoms with van der Waals surface area (Å²) in [5.74, 6) is 0. The van der Waals surface area contributed by atoms with Crippen LogP contribution in [0.1, 0.15) is 5.56 Å². The van der Waals surface area contributed by atoms with E-state index in [1.165, 1.54) is 17.4 Å². The molecule has 14 heavy (non-hydrogen) atoms. The second kappa shape index (κ2) is 3.14. The van der Waals surface area contributed by atoms with Crippen LogP contribution in [0.15, 0.2) is 23.6 Å². The van der Waals surface area contributed by atoms with E-state index >= 15 is 0 Å². The molecule has 0 fully saturated rings. The minimum Gasteiger partial charge on any atom is -0.166 e. The van der Waals surface area contributed by atoms with E-state index in [1.807, 2.05) is 0 Å². The first-order chi connectivity index (χ1) is 6.48. The molecule has 0 saturated carbocycles. The first-order valence-electron chi connectivity index (χ1n) is 3.72. The van der Waals surface area contributed by atoms with Crippen LogP contribution in [0.4, 0.5) is 13.2 Å². The molecule has 0 aliphatic carbocycles. The Labute approximate surface area is 86.9 Å². The van der Waals surface area contributed by atoms with Crippen molar-refractivity contribution in [2.24, 2.45) is 0 Å². The molecule has 1 aromatic carbocycles. The van der Waals surface area contributed by atoms with Crippen molar-refractivity contribution in [1.82, 2.24) is 0 Å². The summed E-state index contributed by atoms with van der Waals surface area (Å²) in [5, 5.41) is 2.80. The third-order valence-corrected chi connectivity index (χ3v) is 3.24. The van der Waals surface area contributed by atoms with Gasteiger partial charge in [-0.05, 0) is 12.1 Å². The number of alkyl halides is 3. The Hall–Kier alpha value is -0.740. The molecule has 0 atom stereocenters. The maximum atomic E-state index is 12.3. The zero-order valence-electron chi connectivity index (χ0n) is 6.73. The fourth-order valence-electron chi connectivity index (χ4n) is 1.17. The molecule has 0 radical (unpaired) electrons. The Balaban J connectivity index is 2.63. The summed E-state index contributed by atoms with van der Waals surface area (Å²) in [6.07, 6.45) is -4.29. The van der Waals surface area contributed by atoms with Crippen LogP contribution < -0.4 is 0 Å². The van der Waals surface area contributed by atoms with Crippen molar-refractivity contribution in [3.63, 3.8) is 0 Å². The Morgan fingerprint density at radius 1 is 1.21 bits per heavy atom. The maximum absolute atomic E-state index is 12.3. The smallest absolute Gasteiger partial charge is 0.166 e. The average molecular weight is 237 g/mol. The molecule has 0 unspecified atom stereocenters. The van der Waals surface area contributed by atoms with Crippen molar-refractivity contribution in [2.45, 2.75) is 6.18 Å². The standard InChI is InChI=1S/C9H4ClF3S/c10-7-4-14-8-3-5(9(11,12)13)1-2-6(7)8/h1-4H. The SMILES string of the molecule is FC(F)(F)c1ccc2c(Cl)csc2c1. The second-order valence-electron chi connectivity index (χ2n) is 2.79. The topological polar surface area (TPSA) is 0 Å². The zero-order chi connectivity index (χ0) is 10.3. The summed E-state index contributed by atoms with van der Waals surface area (Å²) < 4.78 is 37.4. The molecule has 0 aliphatic heterocycles. The molecule has 1 aromatic heterocycles. The van der Waals surface area contributed by atoms with Gasteiger partial charge in [0.25, 0.3) is 0 Å². The van der Waals surface area contributed by atoms with E-state index in [0.717, 1.165) is 12.1 Å². The van der Waals surface area contributed by atoms with Gasteiger partial charge in [0, 0.05) is 15.5 Å². The highest BCUT2D eigenvalue weighted by molar-refractivity contribution is 7.17. The van der Waals surface area contributed by atoms with Crippen LogP contribution in [0, 0.1) is 0 Å². The third-order valence-electron chi connectivity index (χ3n) is 1.86. The van der Waals surface area contributed by atoms with E-state index in [1.54, 1.807) is 5.38 Å². The molecule has 2 rings (SSSR count). The molecule has 2 aromatic rings. The van der Waals surface area contributed by atoms with Gasteiger partial charge in [0.05, 0.1) is 10.6 Å². The maximum Gasteiger partial charge on any atom is 0.416 e. The Morgan fingerprint density at radius 2 is 1.93 bits per heavy atom. The van der Waals surface area contributed by atoms with Crippen molar-refractivity contribution in [3.8, 4) is 0 Å².